The first-order valence-electron chi connectivity index (χ1n) is 4.58. The Morgan fingerprint density at radius 3 is 2.33 bits per heavy atom. The largest absolute Gasteiger partial charge is 0.399 e. The molecule has 2 rings (SSSR count). The van der Waals surface area contributed by atoms with Gasteiger partial charge in [-0.05, 0) is 29.8 Å². The maximum atomic E-state index is 5.91. The minimum atomic E-state index is 0.718. The SMILES string of the molecule is Nc1ccc(N)c(-c2ccccc2Br)c1. The molecule has 0 saturated carbocycles. The Balaban J connectivity index is 2.64. The van der Waals surface area contributed by atoms with Gasteiger partial charge in [-0.25, -0.2) is 0 Å². The van der Waals surface area contributed by atoms with Crippen molar-refractivity contribution in [3.63, 3.8) is 0 Å². The van der Waals surface area contributed by atoms with Gasteiger partial charge >= 0.3 is 0 Å². The number of anilines is 2. The molecule has 0 spiro atoms. The Morgan fingerprint density at radius 1 is 0.867 bits per heavy atom. The third kappa shape index (κ3) is 1.97. The smallest absolute Gasteiger partial charge is 0.0395 e. The van der Waals surface area contributed by atoms with E-state index in [1.165, 1.54) is 0 Å². The molecule has 0 amide bonds. The lowest BCUT2D eigenvalue weighted by Gasteiger charge is -2.08. The van der Waals surface area contributed by atoms with Crippen LogP contribution < -0.4 is 11.5 Å². The van der Waals surface area contributed by atoms with E-state index in [9.17, 15) is 0 Å². The van der Waals surface area contributed by atoms with Gasteiger partial charge in [0.05, 0.1) is 0 Å². The van der Waals surface area contributed by atoms with Gasteiger partial charge in [-0.1, -0.05) is 34.1 Å². The van der Waals surface area contributed by atoms with Crippen LogP contribution in [-0.2, 0) is 0 Å². The summed E-state index contributed by atoms with van der Waals surface area (Å²) in [5, 5.41) is 0. The predicted octanol–water partition coefficient (Wildman–Crippen LogP) is 3.28. The molecular weight excluding hydrogens is 252 g/mol. The van der Waals surface area contributed by atoms with E-state index in [1.54, 1.807) is 6.07 Å². The van der Waals surface area contributed by atoms with E-state index in [0.717, 1.165) is 27.0 Å². The number of halogens is 1. The fourth-order valence-electron chi connectivity index (χ4n) is 1.49. The number of hydrogen-bond acceptors (Lipinski definition) is 2. The summed E-state index contributed by atoms with van der Waals surface area (Å²) in [5.74, 6) is 0. The van der Waals surface area contributed by atoms with E-state index in [2.05, 4.69) is 15.9 Å². The normalized spacial score (nSPS) is 10.2. The molecule has 0 unspecified atom stereocenters. The molecular formula is C12H11BrN2. The van der Waals surface area contributed by atoms with Gasteiger partial charge in [0.25, 0.3) is 0 Å². The van der Waals surface area contributed by atoms with Crippen LogP contribution in [0.25, 0.3) is 11.1 Å². The molecule has 0 saturated heterocycles. The molecule has 2 nitrogen and oxygen atoms in total. The third-order valence-electron chi connectivity index (χ3n) is 2.24. The molecule has 76 valence electrons. The summed E-state index contributed by atoms with van der Waals surface area (Å²) in [4.78, 5) is 0. The van der Waals surface area contributed by atoms with Crippen molar-refractivity contribution < 1.29 is 0 Å². The van der Waals surface area contributed by atoms with Crippen molar-refractivity contribution in [2.45, 2.75) is 0 Å². The molecule has 2 aromatic rings. The molecule has 3 heteroatoms. The lowest BCUT2D eigenvalue weighted by molar-refractivity contribution is 1.57. The summed E-state index contributed by atoms with van der Waals surface area (Å²) >= 11 is 3.50. The second-order valence-electron chi connectivity index (χ2n) is 3.33. The highest BCUT2D eigenvalue weighted by molar-refractivity contribution is 9.10. The van der Waals surface area contributed by atoms with Gasteiger partial charge < -0.3 is 11.5 Å². The molecule has 0 aliphatic carbocycles. The van der Waals surface area contributed by atoms with Crippen LogP contribution in [0.5, 0.6) is 0 Å². The summed E-state index contributed by atoms with van der Waals surface area (Å²) in [5.41, 5.74) is 15.1. The van der Waals surface area contributed by atoms with Crippen molar-refractivity contribution in [1.29, 1.82) is 0 Å². The quantitative estimate of drug-likeness (QED) is 0.776. The zero-order valence-corrected chi connectivity index (χ0v) is 9.66. The van der Waals surface area contributed by atoms with Crippen LogP contribution in [-0.4, -0.2) is 0 Å². The molecule has 0 aromatic heterocycles. The maximum Gasteiger partial charge on any atom is 0.0395 e. The Morgan fingerprint density at radius 2 is 1.60 bits per heavy atom. The summed E-state index contributed by atoms with van der Waals surface area (Å²) in [7, 11) is 0. The first kappa shape index (κ1) is 10.1. The highest BCUT2D eigenvalue weighted by atomic mass is 79.9. The molecule has 0 bridgehead atoms. The Bertz CT molecular complexity index is 495. The highest BCUT2D eigenvalue weighted by Crippen LogP contribution is 2.33. The molecule has 0 heterocycles. The van der Waals surface area contributed by atoms with Crippen molar-refractivity contribution in [2.75, 3.05) is 11.5 Å². The fourth-order valence-corrected chi connectivity index (χ4v) is 1.99. The number of benzene rings is 2. The van der Waals surface area contributed by atoms with Crippen LogP contribution in [0.2, 0.25) is 0 Å². The summed E-state index contributed by atoms with van der Waals surface area (Å²) in [6.45, 7) is 0. The van der Waals surface area contributed by atoms with Crippen LogP contribution in [0.4, 0.5) is 11.4 Å². The van der Waals surface area contributed by atoms with Gasteiger partial charge in [0.2, 0.25) is 0 Å². The Labute approximate surface area is 97.0 Å². The summed E-state index contributed by atoms with van der Waals surface area (Å²) in [6.07, 6.45) is 0. The van der Waals surface area contributed by atoms with Crippen molar-refractivity contribution in [3.05, 3.63) is 46.9 Å². The van der Waals surface area contributed by atoms with Crippen molar-refractivity contribution >= 4 is 27.3 Å². The summed E-state index contributed by atoms with van der Waals surface area (Å²) < 4.78 is 1.02. The number of rotatable bonds is 1. The van der Waals surface area contributed by atoms with Gasteiger partial charge in [-0.2, -0.15) is 0 Å². The van der Waals surface area contributed by atoms with E-state index >= 15 is 0 Å². The molecule has 0 fully saturated rings. The topological polar surface area (TPSA) is 52.0 Å². The zero-order valence-electron chi connectivity index (χ0n) is 8.07. The van der Waals surface area contributed by atoms with Crippen LogP contribution in [0.15, 0.2) is 46.9 Å². The highest BCUT2D eigenvalue weighted by Gasteiger charge is 2.05. The third-order valence-corrected chi connectivity index (χ3v) is 2.93. The molecule has 4 N–H and O–H groups in total. The molecule has 15 heavy (non-hydrogen) atoms. The van der Waals surface area contributed by atoms with Crippen molar-refractivity contribution in [1.82, 2.24) is 0 Å². The first-order chi connectivity index (χ1) is 7.18. The number of hydrogen-bond donors (Lipinski definition) is 2. The molecule has 0 atom stereocenters. The number of nitrogens with two attached hydrogens (primary N) is 2. The average Bonchev–Trinajstić information content (AvgIpc) is 2.23. The van der Waals surface area contributed by atoms with Crippen LogP contribution in [0.3, 0.4) is 0 Å². The van der Waals surface area contributed by atoms with E-state index in [0.29, 0.717) is 0 Å². The molecule has 0 aliphatic rings. The monoisotopic (exact) mass is 262 g/mol. The maximum absolute atomic E-state index is 5.91. The molecule has 0 radical (unpaired) electrons. The molecule has 2 aromatic carbocycles. The Kier molecular flexibility index (Phi) is 2.64. The van der Waals surface area contributed by atoms with Gasteiger partial charge in [-0.15, -0.1) is 0 Å². The zero-order chi connectivity index (χ0) is 10.8. The second-order valence-corrected chi connectivity index (χ2v) is 4.18. The van der Waals surface area contributed by atoms with Crippen LogP contribution in [0.1, 0.15) is 0 Å². The lowest BCUT2D eigenvalue weighted by Crippen LogP contribution is -1.93. The lowest BCUT2D eigenvalue weighted by atomic mass is 10.0. The average molecular weight is 263 g/mol. The Hall–Kier alpha value is -1.48. The van der Waals surface area contributed by atoms with E-state index in [4.69, 9.17) is 11.5 Å². The van der Waals surface area contributed by atoms with Crippen LogP contribution in [0, 0.1) is 0 Å². The summed E-state index contributed by atoms with van der Waals surface area (Å²) in [6, 6.07) is 13.4. The van der Waals surface area contributed by atoms with Crippen molar-refractivity contribution in [3.8, 4) is 11.1 Å². The fraction of sp³-hybridized carbons (Fsp3) is 0. The van der Waals surface area contributed by atoms with Gasteiger partial charge in [0, 0.05) is 21.4 Å². The van der Waals surface area contributed by atoms with E-state index in [-0.39, 0.29) is 0 Å². The number of nitrogen functional groups attached to an aromatic ring is 2. The minimum Gasteiger partial charge on any atom is -0.399 e. The second kappa shape index (κ2) is 3.95. The standard InChI is InChI=1S/C12H11BrN2/c13-11-4-2-1-3-9(11)10-7-8(14)5-6-12(10)15/h1-7H,14-15H2. The predicted molar refractivity (Wildman–Crippen MR) is 68.4 cm³/mol. The van der Waals surface area contributed by atoms with Crippen molar-refractivity contribution in [2.24, 2.45) is 0 Å². The first-order valence-corrected chi connectivity index (χ1v) is 5.37. The minimum absolute atomic E-state index is 0.718. The van der Waals surface area contributed by atoms with Gasteiger partial charge in [0.1, 0.15) is 0 Å². The molecule has 0 aliphatic heterocycles. The van der Waals surface area contributed by atoms with Crippen LogP contribution >= 0.6 is 15.9 Å². The van der Waals surface area contributed by atoms with E-state index < -0.39 is 0 Å². The van der Waals surface area contributed by atoms with Gasteiger partial charge in [-0.3, -0.25) is 0 Å². The van der Waals surface area contributed by atoms with Gasteiger partial charge in [0.15, 0.2) is 0 Å². The van der Waals surface area contributed by atoms with E-state index in [1.807, 2.05) is 36.4 Å².